The molecule has 0 saturated heterocycles. The van der Waals surface area contributed by atoms with Gasteiger partial charge in [0.25, 0.3) is 15.9 Å². The van der Waals surface area contributed by atoms with E-state index < -0.39 is 10.0 Å². The van der Waals surface area contributed by atoms with E-state index in [4.69, 9.17) is 4.74 Å². The maximum absolute atomic E-state index is 12.7. The summed E-state index contributed by atoms with van der Waals surface area (Å²) in [7, 11) is -2.34. The summed E-state index contributed by atoms with van der Waals surface area (Å²) < 4.78 is 33.0. The number of sulfonamides is 1. The molecule has 158 valence electrons. The van der Waals surface area contributed by atoms with Crippen molar-refractivity contribution in [3.05, 3.63) is 54.1 Å². The van der Waals surface area contributed by atoms with Crippen molar-refractivity contribution < 1.29 is 17.9 Å². The highest BCUT2D eigenvalue weighted by molar-refractivity contribution is 7.92. The minimum absolute atomic E-state index is 0.0638. The molecule has 0 aliphatic heterocycles. The van der Waals surface area contributed by atoms with Gasteiger partial charge in [0, 0.05) is 11.1 Å². The van der Waals surface area contributed by atoms with Crippen molar-refractivity contribution in [1.29, 1.82) is 0 Å². The third-order valence-electron chi connectivity index (χ3n) is 4.20. The van der Waals surface area contributed by atoms with Crippen LogP contribution < -0.4 is 14.8 Å². The van der Waals surface area contributed by atoms with Gasteiger partial charge in [-0.1, -0.05) is 32.9 Å². The average Bonchev–Trinajstić information content (AvgIpc) is 2.59. The van der Waals surface area contributed by atoms with Crippen LogP contribution in [-0.4, -0.2) is 27.0 Å². The van der Waals surface area contributed by atoms with Crippen LogP contribution in [-0.2, 0) is 10.0 Å². The van der Waals surface area contributed by atoms with Crippen LogP contribution in [0, 0.1) is 5.41 Å². The fourth-order valence-corrected chi connectivity index (χ4v) is 4.54. The number of ether oxygens (including phenoxy) is 1. The number of benzene rings is 2. The van der Waals surface area contributed by atoms with Gasteiger partial charge >= 0.3 is 0 Å². The van der Waals surface area contributed by atoms with Crippen molar-refractivity contribution in [3.63, 3.8) is 0 Å². The fraction of sp³-hybridized carbons (Fsp3) is 0.409. The summed E-state index contributed by atoms with van der Waals surface area (Å²) in [5, 5.41) is 3.02. The zero-order chi connectivity index (χ0) is 21.9. The second kappa shape index (κ2) is 8.45. The van der Waals surface area contributed by atoms with E-state index in [0.717, 1.165) is 6.42 Å². The first-order chi connectivity index (χ1) is 13.3. The first kappa shape index (κ1) is 22.7. The molecule has 2 N–H and O–H groups in total. The Morgan fingerprint density at radius 1 is 0.966 bits per heavy atom. The molecule has 0 radical (unpaired) electrons. The Hall–Kier alpha value is -2.54. The summed E-state index contributed by atoms with van der Waals surface area (Å²) >= 11 is 0. The van der Waals surface area contributed by atoms with E-state index in [1.54, 1.807) is 24.3 Å². The van der Waals surface area contributed by atoms with Crippen molar-refractivity contribution in [3.8, 4) is 5.75 Å². The smallest absolute Gasteiger partial charge is 0.262 e. The van der Waals surface area contributed by atoms with Gasteiger partial charge in [-0.25, -0.2) is 8.42 Å². The molecule has 6 nitrogen and oxygen atoms in total. The van der Waals surface area contributed by atoms with Crippen LogP contribution in [0.25, 0.3) is 0 Å². The molecule has 0 heterocycles. The molecule has 0 fully saturated rings. The molecule has 2 aromatic carbocycles. The summed E-state index contributed by atoms with van der Waals surface area (Å²) in [5.74, 6) is 0.189. The van der Waals surface area contributed by atoms with Gasteiger partial charge in [-0.2, -0.15) is 0 Å². The normalized spacial score (nSPS) is 12.3. The standard InChI is InChI=1S/C22H30N2O4S/c1-21(2,3)15-22(4,5)23-20(25)16-11-13-17(14-12-16)29(26,27)24-18-9-7-8-10-19(18)28-6/h7-14,24H,15H2,1-6H3,(H,23,25). The van der Waals surface area contributed by atoms with Crippen molar-refractivity contribution in [1.82, 2.24) is 5.32 Å². The predicted octanol–water partition coefficient (Wildman–Crippen LogP) is 4.44. The molecule has 0 atom stereocenters. The summed E-state index contributed by atoms with van der Waals surface area (Å²) in [6.45, 7) is 10.3. The Balaban J connectivity index is 2.15. The number of nitrogens with one attached hydrogen (secondary N) is 2. The molecular weight excluding hydrogens is 388 g/mol. The Morgan fingerprint density at radius 2 is 1.55 bits per heavy atom. The highest BCUT2D eigenvalue weighted by Crippen LogP contribution is 2.28. The number of carbonyl (C=O) groups is 1. The Kier molecular flexibility index (Phi) is 6.63. The predicted molar refractivity (Wildman–Crippen MR) is 116 cm³/mol. The van der Waals surface area contributed by atoms with E-state index >= 15 is 0 Å². The number of para-hydroxylation sites is 2. The maximum atomic E-state index is 12.7. The molecule has 0 aliphatic rings. The number of hydrogen-bond acceptors (Lipinski definition) is 4. The van der Waals surface area contributed by atoms with Crippen LogP contribution in [0.2, 0.25) is 0 Å². The SMILES string of the molecule is COc1ccccc1NS(=O)(=O)c1ccc(C(=O)NC(C)(C)CC(C)(C)C)cc1. The van der Waals surface area contributed by atoms with E-state index in [1.165, 1.54) is 31.4 Å². The quantitative estimate of drug-likeness (QED) is 0.696. The first-order valence-corrected chi connectivity index (χ1v) is 10.9. The van der Waals surface area contributed by atoms with Crippen LogP contribution in [0.15, 0.2) is 53.4 Å². The lowest BCUT2D eigenvalue weighted by atomic mass is 9.81. The lowest BCUT2D eigenvalue weighted by Gasteiger charge is -2.33. The summed E-state index contributed by atoms with van der Waals surface area (Å²) in [5.41, 5.74) is 0.439. The van der Waals surface area contributed by atoms with Gasteiger partial charge in [0.1, 0.15) is 5.75 Å². The van der Waals surface area contributed by atoms with Crippen LogP contribution >= 0.6 is 0 Å². The first-order valence-electron chi connectivity index (χ1n) is 9.41. The lowest BCUT2D eigenvalue weighted by molar-refractivity contribution is 0.0891. The van der Waals surface area contributed by atoms with Crippen LogP contribution in [0.5, 0.6) is 5.75 Å². The van der Waals surface area contributed by atoms with Crippen molar-refractivity contribution in [2.45, 2.75) is 51.5 Å². The minimum Gasteiger partial charge on any atom is -0.495 e. The molecular formula is C22H30N2O4S. The van der Waals surface area contributed by atoms with Gasteiger partial charge in [-0.05, 0) is 62.1 Å². The zero-order valence-electron chi connectivity index (χ0n) is 17.9. The highest BCUT2D eigenvalue weighted by atomic mass is 32.2. The molecule has 0 aliphatic carbocycles. The molecule has 2 aromatic rings. The third-order valence-corrected chi connectivity index (χ3v) is 5.58. The number of carbonyl (C=O) groups excluding carboxylic acids is 1. The third kappa shape index (κ3) is 6.49. The van der Waals surface area contributed by atoms with Crippen molar-refractivity contribution in [2.24, 2.45) is 5.41 Å². The van der Waals surface area contributed by atoms with Gasteiger partial charge in [-0.15, -0.1) is 0 Å². The van der Waals surface area contributed by atoms with Gasteiger partial charge in [0.05, 0.1) is 17.7 Å². The molecule has 0 unspecified atom stereocenters. The topological polar surface area (TPSA) is 84.5 Å². The molecule has 0 saturated carbocycles. The molecule has 0 aromatic heterocycles. The van der Waals surface area contributed by atoms with E-state index in [9.17, 15) is 13.2 Å². The average molecular weight is 419 g/mol. The number of rotatable bonds is 7. The van der Waals surface area contributed by atoms with E-state index in [0.29, 0.717) is 17.0 Å². The van der Waals surface area contributed by atoms with Crippen molar-refractivity contribution >= 4 is 21.6 Å². The van der Waals surface area contributed by atoms with E-state index in [1.807, 2.05) is 13.8 Å². The number of amides is 1. The molecule has 0 spiro atoms. The van der Waals surface area contributed by atoms with Gasteiger partial charge in [0.2, 0.25) is 0 Å². The second-order valence-corrected chi connectivity index (χ2v) is 10.6. The molecule has 0 bridgehead atoms. The number of hydrogen-bond donors (Lipinski definition) is 2. The molecule has 2 rings (SSSR count). The Labute approximate surface area is 173 Å². The summed E-state index contributed by atoms with van der Waals surface area (Å²) in [6.07, 6.45) is 0.807. The Bertz CT molecular complexity index is 959. The summed E-state index contributed by atoms with van der Waals surface area (Å²) in [4.78, 5) is 12.7. The molecule has 29 heavy (non-hydrogen) atoms. The van der Waals surface area contributed by atoms with Crippen LogP contribution in [0.3, 0.4) is 0 Å². The summed E-state index contributed by atoms with van der Waals surface area (Å²) in [6, 6.07) is 12.6. The van der Waals surface area contributed by atoms with Gasteiger partial charge in [-0.3, -0.25) is 9.52 Å². The monoisotopic (exact) mass is 418 g/mol. The molecule has 7 heteroatoms. The lowest BCUT2D eigenvalue weighted by Crippen LogP contribution is -2.45. The second-order valence-electron chi connectivity index (χ2n) is 8.91. The van der Waals surface area contributed by atoms with Crippen LogP contribution in [0.4, 0.5) is 5.69 Å². The van der Waals surface area contributed by atoms with E-state index in [2.05, 4.69) is 30.8 Å². The zero-order valence-corrected chi connectivity index (χ0v) is 18.7. The number of anilines is 1. The van der Waals surface area contributed by atoms with E-state index in [-0.39, 0.29) is 21.8 Å². The maximum Gasteiger partial charge on any atom is 0.262 e. The highest BCUT2D eigenvalue weighted by Gasteiger charge is 2.27. The Morgan fingerprint density at radius 3 is 2.10 bits per heavy atom. The van der Waals surface area contributed by atoms with Crippen molar-refractivity contribution in [2.75, 3.05) is 11.8 Å². The largest absolute Gasteiger partial charge is 0.495 e. The minimum atomic E-state index is -3.81. The number of methoxy groups -OCH3 is 1. The fourth-order valence-electron chi connectivity index (χ4n) is 3.47. The van der Waals surface area contributed by atoms with Crippen LogP contribution in [0.1, 0.15) is 51.4 Å². The van der Waals surface area contributed by atoms with Gasteiger partial charge in [0.15, 0.2) is 0 Å². The molecule has 1 amide bonds. The van der Waals surface area contributed by atoms with Gasteiger partial charge < -0.3 is 10.1 Å².